The number of esters is 1. The van der Waals surface area contributed by atoms with Gasteiger partial charge < -0.3 is 0 Å². The van der Waals surface area contributed by atoms with E-state index in [1.54, 1.807) is 0 Å². The molecule has 31 heavy (non-hydrogen) atoms. The second-order valence-corrected chi connectivity index (χ2v) is 14.3. The predicted octanol–water partition coefficient (Wildman–Crippen LogP) is 5.45. The van der Waals surface area contributed by atoms with Crippen LogP contribution in [0.5, 0.6) is 0 Å². The average Bonchev–Trinajstić information content (AvgIpc) is 3.18. The molecule has 2 aromatic carbocycles. The van der Waals surface area contributed by atoms with Gasteiger partial charge in [0, 0.05) is 0 Å². The van der Waals surface area contributed by atoms with E-state index in [1.807, 2.05) is 62.4 Å². The first-order valence-electron chi connectivity index (χ1n) is 11.5. The van der Waals surface area contributed by atoms with Gasteiger partial charge in [-0.3, -0.25) is 0 Å². The van der Waals surface area contributed by atoms with Gasteiger partial charge in [0.25, 0.3) is 0 Å². The Labute approximate surface area is 186 Å². The zero-order valence-corrected chi connectivity index (χ0v) is 19.7. The normalized spacial score (nSPS) is 19.8. The van der Waals surface area contributed by atoms with E-state index in [0.29, 0.717) is 12.8 Å². The number of amides is 1. The molecule has 0 radical (unpaired) electrons. The van der Waals surface area contributed by atoms with Crippen LogP contribution in [0.4, 0.5) is 5.69 Å². The van der Waals surface area contributed by atoms with Crippen molar-refractivity contribution in [2.75, 3.05) is 23.8 Å². The van der Waals surface area contributed by atoms with Crippen molar-refractivity contribution in [3.63, 3.8) is 0 Å². The van der Waals surface area contributed by atoms with E-state index in [9.17, 15) is 9.59 Å². The van der Waals surface area contributed by atoms with Crippen molar-refractivity contribution in [3.05, 3.63) is 65.2 Å². The van der Waals surface area contributed by atoms with E-state index >= 15 is 0 Å². The Hall–Kier alpha value is -2.19. The third-order valence-electron chi connectivity index (χ3n) is 7.66. The quantitative estimate of drug-likeness (QED) is 0.461. The Morgan fingerprint density at radius 3 is 2.16 bits per heavy atom. The van der Waals surface area contributed by atoms with Gasteiger partial charge >= 0.3 is 186 Å². The first-order valence-corrected chi connectivity index (χ1v) is 14.2. The molecule has 166 valence electrons. The number of nitrogens with one attached hydrogen (secondary N) is 1. The second-order valence-electron chi connectivity index (χ2n) is 9.47. The van der Waals surface area contributed by atoms with Crippen LogP contribution in [-0.2, 0) is 20.9 Å². The van der Waals surface area contributed by atoms with Crippen molar-refractivity contribution in [2.45, 2.75) is 57.7 Å². The van der Waals surface area contributed by atoms with Crippen LogP contribution in [0.1, 0.15) is 48.8 Å². The van der Waals surface area contributed by atoms with Crippen molar-refractivity contribution in [1.29, 1.82) is 0 Å². The number of para-hydroxylation sites is 1. The molecule has 2 fully saturated rings. The molecule has 0 atom stereocenters. The number of rotatable bonds is 7. The van der Waals surface area contributed by atoms with E-state index < -0.39 is 7.26 Å². The molecule has 1 saturated heterocycles. The molecule has 1 heterocycles. The number of benzene rings is 2. The minimum atomic E-state index is -2.14. The molecule has 1 aliphatic heterocycles. The van der Waals surface area contributed by atoms with Crippen LogP contribution in [0.15, 0.2) is 48.5 Å². The monoisotopic (exact) mass is 439 g/mol. The minimum absolute atomic E-state index is 0.122. The van der Waals surface area contributed by atoms with Crippen molar-refractivity contribution >= 4 is 24.8 Å². The third kappa shape index (κ3) is 4.28. The summed E-state index contributed by atoms with van der Waals surface area (Å²) in [5.41, 5.74) is 4.12. The van der Waals surface area contributed by atoms with Gasteiger partial charge in [-0.05, 0) is 0 Å². The fourth-order valence-electron chi connectivity index (χ4n) is 5.72. The first kappa shape index (κ1) is 22.0. The number of hydrogen-bond acceptors (Lipinski definition) is 3. The van der Waals surface area contributed by atoms with Crippen LogP contribution < -0.4 is 5.32 Å². The molecule has 1 saturated carbocycles. The van der Waals surface area contributed by atoms with Gasteiger partial charge in [-0.1, -0.05) is 0 Å². The fourth-order valence-corrected chi connectivity index (χ4v) is 12.1. The Kier molecular flexibility index (Phi) is 6.48. The topological polar surface area (TPSA) is 55.4 Å². The van der Waals surface area contributed by atoms with Gasteiger partial charge in [0.15, 0.2) is 0 Å². The molecule has 4 nitrogen and oxygen atoms in total. The third-order valence-corrected chi connectivity index (χ3v) is 14.0. The van der Waals surface area contributed by atoms with Gasteiger partial charge in [0.05, 0.1) is 0 Å². The molecule has 0 bridgehead atoms. The van der Waals surface area contributed by atoms with Crippen LogP contribution in [0.3, 0.4) is 0 Å². The number of aryl methyl sites for hydroxylation is 2. The van der Waals surface area contributed by atoms with Gasteiger partial charge in [-0.15, -0.1) is 0 Å². The maximum absolute atomic E-state index is 13.7. The SMILES string of the molecule is Cc1cccc(C)c1NC(=O)C1([PH]2(CC(=O)OCc3ccccc3)CCCC2)CCC1. The molecule has 4 rings (SSSR count). The Morgan fingerprint density at radius 1 is 0.935 bits per heavy atom. The van der Waals surface area contributed by atoms with Crippen LogP contribution >= 0.6 is 7.26 Å². The van der Waals surface area contributed by atoms with E-state index in [1.165, 1.54) is 0 Å². The summed E-state index contributed by atoms with van der Waals surface area (Å²) in [4.78, 5) is 26.7. The van der Waals surface area contributed by atoms with Gasteiger partial charge in [-0.25, -0.2) is 0 Å². The van der Waals surface area contributed by atoms with Crippen LogP contribution in [0.2, 0.25) is 0 Å². The second kappa shape index (κ2) is 9.12. The summed E-state index contributed by atoms with van der Waals surface area (Å²) in [6.07, 6.45) is 7.78. The number of hydrogen-bond donors (Lipinski definition) is 1. The van der Waals surface area contributed by atoms with Crippen LogP contribution in [-0.4, -0.2) is 35.5 Å². The summed E-state index contributed by atoms with van der Waals surface area (Å²) in [5.74, 6) is 0.0316. The van der Waals surface area contributed by atoms with E-state index in [2.05, 4.69) is 5.32 Å². The molecule has 2 aromatic rings. The molecule has 1 aliphatic carbocycles. The van der Waals surface area contributed by atoms with E-state index in [0.717, 1.165) is 66.8 Å². The summed E-state index contributed by atoms with van der Waals surface area (Å²) in [7, 11) is -2.14. The molecule has 2 aliphatic rings. The van der Waals surface area contributed by atoms with Crippen molar-refractivity contribution in [3.8, 4) is 0 Å². The molecule has 1 N–H and O–H groups in total. The van der Waals surface area contributed by atoms with Crippen molar-refractivity contribution in [1.82, 2.24) is 0 Å². The van der Waals surface area contributed by atoms with Crippen LogP contribution in [0.25, 0.3) is 0 Å². The van der Waals surface area contributed by atoms with Crippen molar-refractivity contribution in [2.24, 2.45) is 0 Å². The molecule has 0 spiro atoms. The maximum atomic E-state index is 13.7. The average molecular weight is 440 g/mol. The zero-order valence-electron chi connectivity index (χ0n) is 18.7. The van der Waals surface area contributed by atoms with E-state index in [-0.39, 0.29) is 17.0 Å². The summed E-state index contributed by atoms with van der Waals surface area (Å²) >= 11 is 0. The Bertz CT molecular complexity index is 926. The number of carbonyl (C=O) groups excluding carboxylic acids is 2. The molecular weight excluding hydrogens is 405 g/mol. The van der Waals surface area contributed by atoms with Gasteiger partial charge in [0.2, 0.25) is 0 Å². The predicted molar refractivity (Wildman–Crippen MR) is 130 cm³/mol. The summed E-state index contributed by atoms with van der Waals surface area (Å²) in [6.45, 7) is 4.39. The molecule has 1 amide bonds. The van der Waals surface area contributed by atoms with Crippen molar-refractivity contribution < 1.29 is 14.3 Å². The number of carbonyl (C=O) groups is 2. The summed E-state index contributed by atoms with van der Waals surface area (Å²) < 4.78 is 5.68. The number of ether oxygens (including phenoxy) is 1. The van der Waals surface area contributed by atoms with E-state index in [4.69, 9.17) is 4.74 Å². The zero-order chi connectivity index (χ0) is 21.9. The Balaban J connectivity index is 1.52. The molecule has 5 heteroatoms. The fraction of sp³-hybridized carbons (Fsp3) is 0.462. The van der Waals surface area contributed by atoms with Gasteiger partial charge in [0.1, 0.15) is 0 Å². The standard InChI is InChI=1S/C26H34NO3P/c1-20-10-8-11-21(2)24(20)27-25(29)26(14-9-15-26)31(16-6-7-17-31)19-23(28)30-18-22-12-4-3-5-13-22/h3-5,8,10-13,31H,6-7,9,14-19H2,1-2H3,(H,27,29). The van der Waals surface area contributed by atoms with Crippen LogP contribution in [0, 0.1) is 13.8 Å². The number of anilines is 1. The summed E-state index contributed by atoms with van der Waals surface area (Å²) in [6, 6.07) is 15.9. The summed E-state index contributed by atoms with van der Waals surface area (Å²) in [5, 5.41) is 2.97. The Morgan fingerprint density at radius 2 is 1.58 bits per heavy atom. The molecular formula is C26H34NO3P. The first-order chi connectivity index (χ1) is 15.0. The van der Waals surface area contributed by atoms with Gasteiger partial charge in [-0.2, -0.15) is 0 Å². The molecule has 0 aromatic heterocycles. The molecule has 0 unspecified atom stereocenters.